The van der Waals surface area contributed by atoms with Gasteiger partial charge in [0.2, 0.25) is 0 Å². The van der Waals surface area contributed by atoms with E-state index in [9.17, 15) is 0 Å². The van der Waals surface area contributed by atoms with Crippen LogP contribution in [0.1, 0.15) is 29.2 Å². The van der Waals surface area contributed by atoms with E-state index < -0.39 is 5.54 Å². The van der Waals surface area contributed by atoms with Crippen LogP contribution in [-0.4, -0.2) is 0 Å². The maximum Gasteiger partial charge on any atom is 0.0439 e. The lowest BCUT2D eigenvalue weighted by molar-refractivity contribution is 0.491. The number of aryl methyl sites for hydroxylation is 2. The Balaban J connectivity index is 2.34. The molecule has 0 saturated carbocycles. The highest BCUT2D eigenvalue weighted by molar-refractivity contribution is 6.33. The van der Waals surface area contributed by atoms with Crippen LogP contribution in [0.2, 0.25) is 10.0 Å². The van der Waals surface area contributed by atoms with E-state index in [1.807, 2.05) is 19.1 Å². The van der Waals surface area contributed by atoms with E-state index in [0.717, 1.165) is 11.1 Å². The van der Waals surface area contributed by atoms with E-state index in [4.69, 9.17) is 28.9 Å². The number of hydrogen-bond acceptors (Lipinski definition) is 1. The zero-order valence-corrected chi connectivity index (χ0v) is 13.5. The van der Waals surface area contributed by atoms with Crippen LogP contribution in [0, 0.1) is 13.8 Å². The molecule has 0 aliphatic heterocycles. The van der Waals surface area contributed by atoms with Crippen molar-refractivity contribution in [2.24, 2.45) is 5.73 Å². The third kappa shape index (κ3) is 3.35. The summed E-state index contributed by atoms with van der Waals surface area (Å²) in [6, 6.07) is 11.8. The highest BCUT2D eigenvalue weighted by atomic mass is 35.5. The van der Waals surface area contributed by atoms with Crippen LogP contribution >= 0.6 is 23.2 Å². The highest BCUT2D eigenvalue weighted by Gasteiger charge is 2.23. The van der Waals surface area contributed by atoms with Crippen LogP contribution in [0.15, 0.2) is 36.4 Å². The molecule has 1 unspecified atom stereocenters. The van der Waals surface area contributed by atoms with Crippen molar-refractivity contribution in [3.63, 3.8) is 0 Å². The summed E-state index contributed by atoms with van der Waals surface area (Å²) >= 11 is 12.3. The second-order valence-corrected chi connectivity index (χ2v) is 6.47. The van der Waals surface area contributed by atoms with Crippen molar-refractivity contribution in [2.45, 2.75) is 32.7 Å². The molecule has 0 amide bonds. The van der Waals surface area contributed by atoms with Gasteiger partial charge in [-0.15, -0.1) is 0 Å². The molecule has 0 fully saturated rings. The number of nitrogens with two attached hydrogens (primary N) is 1. The standard InChI is InChI=1S/C17H19Cl2N/c1-11-4-5-14(8-12(11)2)17(3,20)10-13-9-15(18)6-7-16(13)19/h4-9H,10,20H2,1-3H3. The van der Waals surface area contributed by atoms with Crippen LogP contribution in [0.4, 0.5) is 0 Å². The molecule has 0 aliphatic rings. The summed E-state index contributed by atoms with van der Waals surface area (Å²) in [4.78, 5) is 0. The van der Waals surface area contributed by atoms with Gasteiger partial charge in [0.1, 0.15) is 0 Å². The second-order valence-electron chi connectivity index (χ2n) is 5.63. The van der Waals surface area contributed by atoms with Gasteiger partial charge in [0.15, 0.2) is 0 Å². The SMILES string of the molecule is Cc1ccc(C(C)(N)Cc2cc(Cl)ccc2Cl)cc1C. The van der Waals surface area contributed by atoms with Crippen LogP contribution in [0.5, 0.6) is 0 Å². The van der Waals surface area contributed by atoms with Gasteiger partial charge in [-0.25, -0.2) is 0 Å². The molecule has 0 radical (unpaired) electrons. The first-order valence-corrected chi connectivity index (χ1v) is 7.36. The molecule has 2 aromatic carbocycles. The Labute approximate surface area is 130 Å². The minimum Gasteiger partial charge on any atom is -0.321 e. The molecule has 0 saturated heterocycles. The first-order valence-electron chi connectivity index (χ1n) is 6.60. The Hall–Kier alpha value is -1.02. The maximum absolute atomic E-state index is 6.51. The van der Waals surface area contributed by atoms with Gasteiger partial charge in [-0.2, -0.15) is 0 Å². The Morgan fingerprint density at radius 1 is 1.00 bits per heavy atom. The zero-order valence-electron chi connectivity index (χ0n) is 12.0. The fraction of sp³-hybridized carbons (Fsp3) is 0.294. The summed E-state index contributed by atoms with van der Waals surface area (Å²) in [6.45, 7) is 6.22. The van der Waals surface area contributed by atoms with E-state index in [1.54, 1.807) is 6.07 Å². The number of hydrogen-bond donors (Lipinski definition) is 1. The molecule has 0 bridgehead atoms. The molecule has 0 heterocycles. The quantitative estimate of drug-likeness (QED) is 0.846. The van der Waals surface area contributed by atoms with Crippen molar-refractivity contribution in [1.82, 2.24) is 0 Å². The zero-order chi connectivity index (χ0) is 14.9. The van der Waals surface area contributed by atoms with Crippen molar-refractivity contribution < 1.29 is 0 Å². The molecule has 20 heavy (non-hydrogen) atoms. The summed E-state index contributed by atoms with van der Waals surface area (Å²) in [7, 11) is 0. The molecule has 1 nitrogen and oxygen atoms in total. The topological polar surface area (TPSA) is 26.0 Å². The summed E-state index contributed by atoms with van der Waals surface area (Å²) in [6.07, 6.45) is 0.648. The largest absolute Gasteiger partial charge is 0.321 e. The minimum absolute atomic E-state index is 0.479. The van der Waals surface area contributed by atoms with E-state index in [0.29, 0.717) is 16.5 Å². The van der Waals surface area contributed by atoms with Crippen molar-refractivity contribution in [1.29, 1.82) is 0 Å². The van der Waals surface area contributed by atoms with Crippen LogP contribution in [0.25, 0.3) is 0 Å². The lowest BCUT2D eigenvalue weighted by Gasteiger charge is -2.27. The lowest BCUT2D eigenvalue weighted by atomic mass is 9.85. The predicted octanol–water partition coefficient (Wildman–Crippen LogP) is 5.03. The fourth-order valence-electron chi connectivity index (χ4n) is 2.27. The van der Waals surface area contributed by atoms with Crippen molar-refractivity contribution in [3.8, 4) is 0 Å². The maximum atomic E-state index is 6.51. The monoisotopic (exact) mass is 307 g/mol. The van der Waals surface area contributed by atoms with E-state index in [-0.39, 0.29) is 0 Å². The molecular weight excluding hydrogens is 289 g/mol. The van der Waals surface area contributed by atoms with Crippen LogP contribution in [-0.2, 0) is 12.0 Å². The summed E-state index contributed by atoms with van der Waals surface area (Å²) < 4.78 is 0. The Morgan fingerprint density at radius 2 is 1.70 bits per heavy atom. The van der Waals surface area contributed by atoms with Crippen LogP contribution in [0.3, 0.4) is 0 Å². The van der Waals surface area contributed by atoms with Gasteiger partial charge in [0, 0.05) is 15.6 Å². The van der Waals surface area contributed by atoms with Crippen molar-refractivity contribution in [2.75, 3.05) is 0 Å². The molecule has 0 spiro atoms. The summed E-state index contributed by atoms with van der Waals surface area (Å²) in [5, 5.41) is 1.38. The molecule has 2 N–H and O–H groups in total. The first kappa shape index (κ1) is 15.4. The number of halogens is 2. The van der Waals surface area contributed by atoms with Crippen molar-refractivity contribution in [3.05, 3.63) is 68.7 Å². The number of rotatable bonds is 3. The molecular formula is C17H19Cl2N. The highest BCUT2D eigenvalue weighted by Crippen LogP contribution is 2.29. The first-order chi connectivity index (χ1) is 9.29. The molecule has 106 valence electrons. The minimum atomic E-state index is -0.479. The van der Waals surface area contributed by atoms with Gasteiger partial charge in [-0.3, -0.25) is 0 Å². The normalized spacial score (nSPS) is 14.1. The average molecular weight is 308 g/mol. The molecule has 3 heteroatoms. The van der Waals surface area contributed by atoms with Gasteiger partial charge in [0.05, 0.1) is 0 Å². The van der Waals surface area contributed by atoms with E-state index in [1.165, 1.54) is 11.1 Å². The lowest BCUT2D eigenvalue weighted by Crippen LogP contribution is -2.35. The van der Waals surface area contributed by atoms with Gasteiger partial charge < -0.3 is 5.73 Å². The molecule has 0 aromatic heterocycles. The van der Waals surface area contributed by atoms with Gasteiger partial charge >= 0.3 is 0 Å². The smallest absolute Gasteiger partial charge is 0.0439 e. The Kier molecular flexibility index (Phi) is 4.43. The van der Waals surface area contributed by atoms with Crippen LogP contribution < -0.4 is 5.73 Å². The molecule has 2 rings (SSSR count). The third-order valence-corrected chi connectivity index (χ3v) is 4.34. The fourth-order valence-corrected chi connectivity index (χ4v) is 2.65. The van der Waals surface area contributed by atoms with E-state index >= 15 is 0 Å². The molecule has 2 aromatic rings. The Morgan fingerprint density at radius 3 is 2.35 bits per heavy atom. The number of benzene rings is 2. The second kappa shape index (κ2) is 5.77. The Bertz CT molecular complexity index is 633. The average Bonchev–Trinajstić information content (AvgIpc) is 2.36. The van der Waals surface area contributed by atoms with Gasteiger partial charge in [0.25, 0.3) is 0 Å². The van der Waals surface area contributed by atoms with Gasteiger partial charge in [-0.05, 0) is 67.6 Å². The predicted molar refractivity (Wildman–Crippen MR) is 87.6 cm³/mol. The summed E-state index contributed by atoms with van der Waals surface area (Å²) in [5.74, 6) is 0. The molecule has 1 atom stereocenters. The van der Waals surface area contributed by atoms with Crippen molar-refractivity contribution >= 4 is 23.2 Å². The molecule has 0 aliphatic carbocycles. The third-order valence-electron chi connectivity index (χ3n) is 3.73. The summed E-state index contributed by atoms with van der Waals surface area (Å²) in [5.41, 5.74) is 10.6. The van der Waals surface area contributed by atoms with E-state index in [2.05, 4.69) is 32.0 Å². The van der Waals surface area contributed by atoms with Gasteiger partial charge in [-0.1, -0.05) is 41.4 Å².